The third-order valence-corrected chi connectivity index (χ3v) is 8.34. The Morgan fingerprint density at radius 1 is 0.654 bits per heavy atom. The van der Waals surface area contributed by atoms with E-state index in [9.17, 15) is 53.7 Å². The number of thioether (sulfide) groups is 1. The van der Waals surface area contributed by atoms with Crippen LogP contribution in [0.25, 0.3) is 0 Å². The fourth-order valence-electron chi connectivity index (χ4n) is 4.73. The van der Waals surface area contributed by atoms with E-state index in [1.165, 1.54) is 18.7 Å². The van der Waals surface area contributed by atoms with Crippen LogP contribution in [0.2, 0.25) is 0 Å². The highest BCUT2D eigenvalue weighted by atomic mass is 32.2. The molecule has 0 fully saturated rings. The first-order chi connectivity index (χ1) is 24.3. The van der Waals surface area contributed by atoms with Crippen molar-refractivity contribution in [2.24, 2.45) is 23.3 Å². The Morgan fingerprint density at radius 2 is 1.19 bits per heavy atom. The number of amides is 6. The topological polar surface area (TPSA) is 321 Å². The molecule has 6 amide bonds. The molecular formula is C32H58N8O11S. The van der Waals surface area contributed by atoms with Gasteiger partial charge in [0.05, 0.1) is 19.1 Å². The van der Waals surface area contributed by atoms with Gasteiger partial charge in [-0.2, -0.15) is 11.8 Å². The smallest absolute Gasteiger partial charge is 0.326 e. The van der Waals surface area contributed by atoms with Crippen molar-refractivity contribution in [3.63, 3.8) is 0 Å². The summed E-state index contributed by atoms with van der Waals surface area (Å²) in [5.74, 6) is -7.87. The summed E-state index contributed by atoms with van der Waals surface area (Å²) in [6, 6.07) is -9.19. The molecule has 0 spiro atoms. The van der Waals surface area contributed by atoms with Gasteiger partial charge in [0.25, 0.3) is 0 Å². The van der Waals surface area contributed by atoms with Gasteiger partial charge in [-0.1, -0.05) is 27.7 Å². The second-order valence-corrected chi connectivity index (χ2v) is 14.1. The third-order valence-electron chi connectivity index (χ3n) is 7.69. The average Bonchev–Trinajstić information content (AvgIpc) is 3.05. The van der Waals surface area contributed by atoms with E-state index in [0.29, 0.717) is 18.6 Å². The molecule has 20 heteroatoms. The molecule has 0 bridgehead atoms. The quantitative estimate of drug-likeness (QED) is 0.0402. The van der Waals surface area contributed by atoms with E-state index in [4.69, 9.17) is 11.5 Å². The molecule has 0 saturated carbocycles. The summed E-state index contributed by atoms with van der Waals surface area (Å²) in [7, 11) is 0. The number of unbranched alkanes of at least 4 members (excludes halogenated alkanes) is 1. The fraction of sp³-hybridized carbons (Fsp3) is 0.750. The van der Waals surface area contributed by atoms with Crippen molar-refractivity contribution in [3.05, 3.63) is 0 Å². The van der Waals surface area contributed by atoms with Crippen molar-refractivity contribution in [2.75, 3.05) is 25.2 Å². The number of nitrogens with two attached hydrogens (primary N) is 2. The summed E-state index contributed by atoms with van der Waals surface area (Å²) in [6.45, 7) is 7.52. The lowest BCUT2D eigenvalue weighted by Crippen LogP contribution is -2.60. The van der Waals surface area contributed by atoms with Gasteiger partial charge < -0.3 is 58.7 Å². The van der Waals surface area contributed by atoms with E-state index in [-0.39, 0.29) is 31.7 Å². The zero-order chi connectivity index (χ0) is 40.1. The number of carbonyl (C=O) groups is 8. The zero-order valence-electron chi connectivity index (χ0n) is 30.7. The van der Waals surface area contributed by atoms with Crippen LogP contribution in [0.4, 0.5) is 0 Å². The number of carboxylic acids is 2. The van der Waals surface area contributed by atoms with Gasteiger partial charge in [0.2, 0.25) is 35.4 Å². The maximum atomic E-state index is 13.3. The van der Waals surface area contributed by atoms with E-state index >= 15 is 0 Å². The lowest BCUT2D eigenvalue weighted by atomic mass is 10.0. The largest absolute Gasteiger partial charge is 0.481 e. The standard InChI is InChI=1S/C32H58N8O11S/c1-16(2)13-19(34)27(45)38-22(14-24(42)43)29(47)36-20(9-7-8-11-33)28(46)35-18(5)26(44)39-23(15-41)30(48)40-25(17(3)4)31(49)37-21(32(50)51)10-12-52-6/h16-23,25,41H,7-15,33-34H2,1-6H3,(H,35,46)(H,36,47)(H,37,49)(H,38,45)(H,39,44)(H,40,48)(H,42,43)(H,50,51)/t18-,19-,20-,21-,22-,23-,25-/m0/s1. The van der Waals surface area contributed by atoms with E-state index in [0.717, 1.165) is 0 Å². The number of rotatable bonds is 26. The predicted molar refractivity (Wildman–Crippen MR) is 192 cm³/mol. The lowest BCUT2D eigenvalue weighted by molar-refractivity contribution is -0.142. The molecule has 0 radical (unpaired) electrons. The molecule has 52 heavy (non-hydrogen) atoms. The summed E-state index contributed by atoms with van der Waals surface area (Å²) >= 11 is 1.39. The molecule has 0 saturated heterocycles. The fourth-order valence-corrected chi connectivity index (χ4v) is 5.20. The van der Waals surface area contributed by atoms with Gasteiger partial charge in [-0.15, -0.1) is 0 Å². The van der Waals surface area contributed by atoms with Crippen LogP contribution < -0.4 is 43.4 Å². The Bertz CT molecular complexity index is 1220. The molecule has 0 heterocycles. The molecule has 0 rings (SSSR count). The average molecular weight is 763 g/mol. The molecule has 19 nitrogen and oxygen atoms in total. The predicted octanol–water partition coefficient (Wildman–Crippen LogP) is -2.62. The first-order valence-corrected chi connectivity index (χ1v) is 18.5. The number of aliphatic carboxylic acids is 2. The van der Waals surface area contributed by atoms with Gasteiger partial charge >= 0.3 is 11.9 Å². The van der Waals surface area contributed by atoms with Crippen LogP contribution in [0, 0.1) is 11.8 Å². The van der Waals surface area contributed by atoms with Crippen molar-refractivity contribution in [3.8, 4) is 0 Å². The molecule has 0 aromatic carbocycles. The molecule has 0 aliphatic rings. The van der Waals surface area contributed by atoms with Crippen LogP contribution in [0.1, 0.15) is 73.1 Å². The lowest BCUT2D eigenvalue weighted by Gasteiger charge is -2.27. The maximum absolute atomic E-state index is 13.3. The molecule has 13 N–H and O–H groups in total. The summed E-state index contributed by atoms with van der Waals surface area (Å²) in [4.78, 5) is 101. The van der Waals surface area contributed by atoms with Gasteiger partial charge in [-0.05, 0) is 69.4 Å². The number of hydrogen-bond donors (Lipinski definition) is 11. The Kier molecular flexibility index (Phi) is 23.1. The first kappa shape index (κ1) is 48.0. The van der Waals surface area contributed by atoms with Gasteiger partial charge in [-0.25, -0.2) is 4.79 Å². The van der Waals surface area contributed by atoms with Crippen molar-refractivity contribution < 1.29 is 53.7 Å². The Hall–Kier alpha value is -4.01. The highest BCUT2D eigenvalue weighted by Gasteiger charge is 2.33. The van der Waals surface area contributed by atoms with Crippen LogP contribution in [-0.2, 0) is 38.4 Å². The maximum Gasteiger partial charge on any atom is 0.326 e. The number of nitrogens with one attached hydrogen (secondary N) is 6. The molecule has 0 aromatic rings. The highest BCUT2D eigenvalue weighted by Crippen LogP contribution is 2.08. The number of carboxylic acid groups (broad SMARTS) is 2. The molecule has 0 aliphatic heterocycles. The van der Waals surface area contributed by atoms with E-state index in [1.807, 2.05) is 13.8 Å². The van der Waals surface area contributed by atoms with Crippen molar-refractivity contribution in [1.82, 2.24) is 31.9 Å². The molecule has 0 aliphatic carbocycles. The number of carbonyl (C=O) groups excluding carboxylic acids is 6. The molecule has 7 atom stereocenters. The molecular weight excluding hydrogens is 704 g/mol. The summed E-state index contributed by atoms with van der Waals surface area (Å²) in [5.41, 5.74) is 11.4. The summed E-state index contributed by atoms with van der Waals surface area (Å²) in [6.07, 6.45) is 2.25. The third kappa shape index (κ3) is 18.5. The van der Waals surface area contributed by atoms with Gasteiger partial charge in [-0.3, -0.25) is 33.6 Å². The number of aliphatic hydroxyl groups excluding tert-OH is 1. The monoisotopic (exact) mass is 762 g/mol. The number of aliphatic hydroxyl groups is 1. The highest BCUT2D eigenvalue weighted by molar-refractivity contribution is 7.98. The van der Waals surface area contributed by atoms with Crippen molar-refractivity contribution in [2.45, 2.75) is 115 Å². The normalized spacial score (nSPS) is 15.2. The Balaban J connectivity index is 5.74. The van der Waals surface area contributed by atoms with Crippen LogP contribution in [-0.4, -0.2) is 130 Å². The first-order valence-electron chi connectivity index (χ1n) is 17.1. The molecule has 0 unspecified atom stereocenters. The van der Waals surface area contributed by atoms with Crippen LogP contribution in [0.15, 0.2) is 0 Å². The zero-order valence-corrected chi connectivity index (χ0v) is 31.5. The second-order valence-electron chi connectivity index (χ2n) is 13.1. The minimum atomic E-state index is -1.57. The number of hydrogen-bond acceptors (Lipinski definition) is 12. The van der Waals surface area contributed by atoms with Crippen molar-refractivity contribution in [1.29, 1.82) is 0 Å². The van der Waals surface area contributed by atoms with E-state index < -0.39 is 109 Å². The van der Waals surface area contributed by atoms with Gasteiger partial charge in [0, 0.05) is 0 Å². The van der Waals surface area contributed by atoms with E-state index in [1.54, 1.807) is 20.1 Å². The van der Waals surface area contributed by atoms with Crippen LogP contribution >= 0.6 is 11.8 Å². The SMILES string of the molecule is CSCC[C@H](NC(=O)[C@@H](NC(=O)[C@H](CO)NC(=O)[C@H](C)NC(=O)[C@H](CCCCN)NC(=O)[C@H](CC(=O)O)NC(=O)[C@@H](N)CC(C)C)C(C)C)C(=O)O. The Morgan fingerprint density at radius 3 is 1.69 bits per heavy atom. The Labute approximate surface area is 308 Å². The van der Waals surface area contributed by atoms with Crippen molar-refractivity contribution >= 4 is 59.1 Å². The summed E-state index contributed by atoms with van der Waals surface area (Å²) in [5, 5.41) is 43.0. The van der Waals surface area contributed by atoms with Crippen LogP contribution in [0.5, 0.6) is 0 Å². The molecule has 298 valence electrons. The van der Waals surface area contributed by atoms with E-state index in [2.05, 4.69) is 31.9 Å². The summed E-state index contributed by atoms with van der Waals surface area (Å²) < 4.78 is 0. The van der Waals surface area contributed by atoms with Gasteiger partial charge in [0.15, 0.2) is 0 Å². The molecule has 0 aromatic heterocycles. The van der Waals surface area contributed by atoms with Gasteiger partial charge in [0.1, 0.15) is 36.3 Å². The minimum Gasteiger partial charge on any atom is -0.481 e. The van der Waals surface area contributed by atoms with Crippen LogP contribution in [0.3, 0.4) is 0 Å². The second kappa shape index (κ2) is 25.0. The minimum absolute atomic E-state index is 0.0318.